The summed E-state index contributed by atoms with van der Waals surface area (Å²) in [7, 11) is 0. The Morgan fingerprint density at radius 2 is 1.94 bits per heavy atom. The van der Waals surface area contributed by atoms with E-state index in [4.69, 9.17) is 4.74 Å². The van der Waals surface area contributed by atoms with Crippen LogP contribution in [-0.4, -0.2) is 59.5 Å². The van der Waals surface area contributed by atoms with Gasteiger partial charge in [0.15, 0.2) is 0 Å². The fourth-order valence-corrected chi connectivity index (χ4v) is 5.04. The molecular weight excluding hydrogens is 444 g/mol. The first-order valence-electron chi connectivity index (χ1n) is 12.1. The van der Waals surface area contributed by atoms with Crippen molar-refractivity contribution in [3.63, 3.8) is 0 Å². The molecule has 9 nitrogen and oxygen atoms in total. The number of morpholine rings is 1. The highest BCUT2D eigenvalue weighted by Crippen LogP contribution is 2.51. The third-order valence-electron chi connectivity index (χ3n) is 7.46. The van der Waals surface area contributed by atoms with Crippen LogP contribution >= 0.6 is 0 Å². The number of ether oxygens (including phenoxy) is 1. The molecule has 3 fully saturated rings. The quantitative estimate of drug-likeness (QED) is 0.685. The zero-order chi connectivity index (χ0) is 24.6. The molecule has 2 aliphatic heterocycles. The molecule has 35 heavy (non-hydrogen) atoms. The Kier molecular flexibility index (Phi) is 5.93. The predicted octanol–water partition coefficient (Wildman–Crippen LogP) is 3.01. The zero-order valence-electron chi connectivity index (χ0n) is 20.2. The van der Waals surface area contributed by atoms with E-state index in [1.165, 1.54) is 0 Å². The van der Waals surface area contributed by atoms with Gasteiger partial charge in [-0.1, -0.05) is 6.07 Å². The number of rotatable bonds is 6. The molecule has 1 atom stereocenters. The normalized spacial score (nSPS) is 22.7. The van der Waals surface area contributed by atoms with E-state index in [-0.39, 0.29) is 17.7 Å². The summed E-state index contributed by atoms with van der Waals surface area (Å²) in [6.07, 6.45) is 5.83. The number of pyridine rings is 2. The molecule has 0 radical (unpaired) electrons. The monoisotopic (exact) mass is 474 g/mol. The maximum atomic E-state index is 13.1. The van der Waals surface area contributed by atoms with E-state index >= 15 is 0 Å². The van der Waals surface area contributed by atoms with Crippen molar-refractivity contribution in [3.05, 3.63) is 42.2 Å². The number of nitriles is 1. The molecule has 1 aliphatic carbocycles. The van der Waals surface area contributed by atoms with Crippen LogP contribution in [0.15, 0.2) is 36.7 Å². The number of carbonyl (C=O) groups excluding carboxylic acids is 2. The van der Waals surface area contributed by atoms with Gasteiger partial charge in [0.2, 0.25) is 11.8 Å². The maximum absolute atomic E-state index is 13.1. The van der Waals surface area contributed by atoms with E-state index in [2.05, 4.69) is 21.4 Å². The summed E-state index contributed by atoms with van der Waals surface area (Å²) in [5.41, 5.74) is -0.0259. The van der Waals surface area contributed by atoms with Crippen LogP contribution in [0, 0.1) is 22.7 Å². The highest BCUT2D eigenvalue weighted by molar-refractivity contribution is 6.02. The first-order valence-corrected chi connectivity index (χ1v) is 12.1. The summed E-state index contributed by atoms with van der Waals surface area (Å²) in [6.45, 7) is 6.70. The van der Waals surface area contributed by atoms with Crippen molar-refractivity contribution in [2.24, 2.45) is 11.3 Å². The van der Waals surface area contributed by atoms with Crippen LogP contribution in [0.1, 0.15) is 38.7 Å². The van der Waals surface area contributed by atoms with E-state index in [0.717, 1.165) is 24.1 Å². The average Bonchev–Trinajstić information content (AvgIpc) is 3.68. The van der Waals surface area contributed by atoms with Gasteiger partial charge in [0, 0.05) is 43.8 Å². The van der Waals surface area contributed by atoms with Crippen LogP contribution in [0.4, 0.5) is 17.3 Å². The van der Waals surface area contributed by atoms with Crippen LogP contribution in [-0.2, 0) is 19.7 Å². The molecule has 2 saturated heterocycles. The molecule has 0 spiro atoms. The van der Waals surface area contributed by atoms with Gasteiger partial charge in [0.1, 0.15) is 17.1 Å². The first kappa shape index (κ1) is 23.2. The molecule has 3 aliphatic rings. The van der Waals surface area contributed by atoms with Crippen molar-refractivity contribution < 1.29 is 14.3 Å². The van der Waals surface area contributed by atoms with Crippen LogP contribution in [0.5, 0.6) is 0 Å². The van der Waals surface area contributed by atoms with Crippen molar-refractivity contribution in [3.8, 4) is 6.07 Å². The average molecular weight is 475 g/mol. The van der Waals surface area contributed by atoms with Crippen LogP contribution in [0.3, 0.4) is 0 Å². The second-order valence-electron chi connectivity index (χ2n) is 10.1. The predicted molar refractivity (Wildman–Crippen MR) is 130 cm³/mol. The Labute approximate surface area is 205 Å². The van der Waals surface area contributed by atoms with Gasteiger partial charge >= 0.3 is 0 Å². The standard InChI is InChI=1S/C26H30N6O3/c1-25(2,23(33)31-11-13-35-14-12-31)19-5-6-21(29-16-19)30-22-15-20(7-9-28-22)32-10-8-26(17-27,24(32)34)18-3-4-18/h5-7,9,15-16,18H,3-4,8,10-14H2,1-2H3,(H,28,29,30)/t26-/m1/s1. The molecule has 1 saturated carbocycles. The number of anilines is 3. The molecule has 0 aromatic carbocycles. The molecular formula is C26H30N6O3. The highest BCUT2D eigenvalue weighted by atomic mass is 16.5. The fourth-order valence-electron chi connectivity index (χ4n) is 5.04. The number of carbonyl (C=O) groups is 2. The van der Waals surface area contributed by atoms with Crippen LogP contribution < -0.4 is 10.2 Å². The summed E-state index contributed by atoms with van der Waals surface area (Å²) < 4.78 is 5.36. The van der Waals surface area contributed by atoms with Gasteiger partial charge in [-0.25, -0.2) is 9.97 Å². The molecule has 2 amide bonds. The van der Waals surface area contributed by atoms with Crippen molar-refractivity contribution in [2.45, 2.75) is 38.5 Å². The van der Waals surface area contributed by atoms with E-state index in [1.807, 2.05) is 30.9 Å². The molecule has 1 N–H and O–H groups in total. The molecule has 5 rings (SSSR count). The van der Waals surface area contributed by atoms with Crippen LogP contribution in [0.25, 0.3) is 0 Å². The molecule has 0 unspecified atom stereocenters. The van der Waals surface area contributed by atoms with E-state index in [9.17, 15) is 14.9 Å². The van der Waals surface area contributed by atoms with Gasteiger partial charge < -0.3 is 19.9 Å². The second-order valence-corrected chi connectivity index (χ2v) is 10.1. The lowest BCUT2D eigenvalue weighted by atomic mass is 9.83. The SMILES string of the molecule is CC(C)(C(=O)N1CCOCC1)c1ccc(Nc2cc(N3CC[C@@](C#N)(C4CC4)C3=O)ccn2)nc1. The lowest BCUT2D eigenvalue weighted by molar-refractivity contribution is -0.140. The summed E-state index contributed by atoms with van der Waals surface area (Å²) in [4.78, 5) is 38.6. The lowest BCUT2D eigenvalue weighted by Gasteiger charge is -2.34. The Morgan fingerprint density at radius 3 is 2.60 bits per heavy atom. The molecule has 182 valence electrons. The Bertz CT molecular complexity index is 1160. The van der Waals surface area contributed by atoms with Gasteiger partial charge in [-0.05, 0) is 56.7 Å². The number of hydrogen-bond acceptors (Lipinski definition) is 7. The number of nitrogens with zero attached hydrogens (tertiary/aromatic N) is 5. The summed E-state index contributed by atoms with van der Waals surface area (Å²) in [5, 5.41) is 12.9. The Balaban J connectivity index is 1.28. The summed E-state index contributed by atoms with van der Waals surface area (Å²) in [6, 6.07) is 9.65. The summed E-state index contributed by atoms with van der Waals surface area (Å²) >= 11 is 0. The topological polar surface area (TPSA) is 111 Å². The van der Waals surface area contributed by atoms with Crippen molar-refractivity contribution in [2.75, 3.05) is 43.1 Å². The minimum absolute atomic E-state index is 0.0626. The van der Waals surface area contributed by atoms with Gasteiger partial charge in [-0.2, -0.15) is 5.26 Å². The fraction of sp³-hybridized carbons (Fsp3) is 0.500. The number of aromatic nitrogens is 2. The molecule has 2 aromatic heterocycles. The van der Waals surface area contributed by atoms with Crippen molar-refractivity contribution >= 4 is 29.1 Å². The first-order chi connectivity index (χ1) is 16.8. The number of amides is 2. The summed E-state index contributed by atoms with van der Waals surface area (Å²) in [5.74, 6) is 1.29. The number of hydrogen-bond donors (Lipinski definition) is 1. The van der Waals surface area contributed by atoms with E-state index in [1.54, 1.807) is 29.4 Å². The highest BCUT2D eigenvalue weighted by Gasteiger charge is 2.56. The lowest BCUT2D eigenvalue weighted by Crippen LogP contribution is -2.48. The van der Waals surface area contributed by atoms with Gasteiger partial charge in [-0.3, -0.25) is 9.59 Å². The minimum Gasteiger partial charge on any atom is -0.378 e. The Hall–Kier alpha value is -3.51. The van der Waals surface area contributed by atoms with Crippen molar-refractivity contribution in [1.82, 2.24) is 14.9 Å². The van der Waals surface area contributed by atoms with Crippen LogP contribution in [0.2, 0.25) is 0 Å². The second kappa shape index (κ2) is 8.93. The molecule has 2 aromatic rings. The third-order valence-corrected chi connectivity index (χ3v) is 7.46. The van der Waals surface area contributed by atoms with Gasteiger partial charge in [-0.15, -0.1) is 0 Å². The van der Waals surface area contributed by atoms with Gasteiger partial charge in [0.05, 0.1) is 24.7 Å². The van der Waals surface area contributed by atoms with E-state index < -0.39 is 10.8 Å². The smallest absolute Gasteiger partial charge is 0.247 e. The largest absolute Gasteiger partial charge is 0.378 e. The Morgan fingerprint density at radius 1 is 1.17 bits per heavy atom. The molecule has 4 heterocycles. The molecule has 9 heteroatoms. The van der Waals surface area contributed by atoms with Crippen molar-refractivity contribution in [1.29, 1.82) is 5.26 Å². The maximum Gasteiger partial charge on any atom is 0.247 e. The zero-order valence-corrected chi connectivity index (χ0v) is 20.2. The number of nitrogens with one attached hydrogen (secondary N) is 1. The van der Waals surface area contributed by atoms with E-state index in [0.29, 0.717) is 50.9 Å². The molecule has 0 bridgehead atoms. The minimum atomic E-state index is -0.875. The third kappa shape index (κ3) is 4.23. The van der Waals surface area contributed by atoms with Gasteiger partial charge in [0.25, 0.3) is 0 Å².